The van der Waals surface area contributed by atoms with Crippen molar-refractivity contribution in [3.63, 3.8) is 0 Å². The Hall–Kier alpha value is -3.02. The van der Waals surface area contributed by atoms with Crippen molar-refractivity contribution >= 4 is 23.6 Å². The number of rotatable bonds is 14. The summed E-state index contributed by atoms with van der Waals surface area (Å²) in [4.78, 5) is 53.3. The summed E-state index contributed by atoms with van der Waals surface area (Å²) >= 11 is 0. The molecule has 0 spiro atoms. The molecule has 0 atom stereocenters. The third kappa shape index (κ3) is 6.31. The first-order valence-corrected chi connectivity index (χ1v) is 12.7. The number of unbranched alkanes of at least 4 members (excludes halogenated alkanes) is 6. The maximum absolute atomic E-state index is 12.8. The SMILES string of the molecule is CCCCCCC1=CC(=O)N(Cc2ccccc2CN2C(=O)C=C(CCCCCC)C2=O)C1=O. The van der Waals surface area contributed by atoms with Gasteiger partial charge >= 0.3 is 0 Å². The highest BCUT2D eigenvalue weighted by Gasteiger charge is 2.33. The van der Waals surface area contributed by atoms with Gasteiger partial charge in [-0.3, -0.25) is 29.0 Å². The van der Waals surface area contributed by atoms with E-state index in [1.54, 1.807) is 0 Å². The standard InChI is InChI=1S/C28H36N2O4/c1-3-5-7-9-13-21-17-25(31)29(27(21)33)19-23-15-11-12-16-24(23)20-30-26(32)18-22(28(30)34)14-10-8-6-4-2/h11-12,15-18H,3-10,13-14,19-20H2,1-2H3. The number of benzene rings is 1. The van der Waals surface area contributed by atoms with E-state index in [9.17, 15) is 19.2 Å². The van der Waals surface area contributed by atoms with Crippen LogP contribution in [0.3, 0.4) is 0 Å². The van der Waals surface area contributed by atoms with Crippen molar-refractivity contribution in [2.75, 3.05) is 0 Å². The fourth-order valence-electron chi connectivity index (χ4n) is 4.47. The van der Waals surface area contributed by atoms with E-state index >= 15 is 0 Å². The van der Waals surface area contributed by atoms with Crippen LogP contribution in [-0.4, -0.2) is 33.4 Å². The molecular formula is C28H36N2O4. The van der Waals surface area contributed by atoms with Gasteiger partial charge in [0.05, 0.1) is 13.1 Å². The molecule has 0 saturated heterocycles. The minimum atomic E-state index is -0.297. The molecule has 34 heavy (non-hydrogen) atoms. The molecular weight excluding hydrogens is 428 g/mol. The van der Waals surface area contributed by atoms with Crippen molar-refractivity contribution in [1.82, 2.24) is 9.80 Å². The predicted molar refractivity (Wildman–Crippen MR) is 131 cm³/mol. The van der Waals surface area contributed by atoms with Crippen LogP contribution < -0.4 is 0 Å². The Bertz CT molecular complexity index is 913. The van der Waals surface area contributed by atoms with Gasteiger partial charge in [-0.05, 0) is 36.8 Å². The van der Waals surface area contributed by atoms with E-state index in [2.05, 4.69) is 13.8 Å². The van der Waals surface area contributed by atoms with Crippen molar-refractivity contribution in [3.05, 3.63) is 58.7 Å². The van der Waals surface area contributed by atoms with Crippen LogP contribution in [0.5, 0.6) is 0 Å². The summed E-state index contributed by atoms with van der Waals surface area (Å²) in [5.41, 5.74) is 2.67. The van der Waals surface area contributed by atoms with Gasteiger partial charge in [0.25, 0.3) is 23.6 Å². The summed E-state index contributed by atoms with van der Waals surface area (Å²) in [5.74, 6) is -1.06. The van der Waals surface area contributed by atoms with Crippen LogP contribution >= 0.6 is 0 Å². The highest BCUT2D eigenvalue weighted by atomic mass is 16.2. The Labute approximate surface area is 202 Å². The molecule has 0 aromatic heterocycles. The van der Waals surface area contributed by atoms with Crippen molar-refractivity contribution in [2.45, 2.75) is 91.1 Å². The molecule has 3 rings (SSSR count). The van der Waals surface area contributed by atoms with Gasteiger partial charge in [0.15, 0.2) is 0 Å². The molecule has 0 aliphatic carbocycles. The van der Waals surface area contributed by atoms with E-state index in [1.807, 2.05) is 24.3 Å². The van der Waals surface area contributed by atoms with Gasteiger partial charge in [-0.15, -0.1) is 0 Å². The van der Waals surface area contributed by atoms with Crippen molar-refractivity contribution < 1.29 is 19.2 Å². The molecule has 0 unspecified atom stereocenters. The minimum absolute atomic E-state index is 0.135. The monoisotopic (exact) mass is 464 g/mol. The Morgan fingerprint density at radius 2 is 1.00 bits per heavy atom. The number of hydrogen-bond donors (Lipinski definition) is 0. The molecule has 0 N–H and O–H groups in total. The smallest absolute Gasteiger partial charge is 0.257 e. The zero-order valence-electron chi connectivity index (χ0n) is 20.5. The van der Waals surface area contributed by atoms with Crippen LogP contribution in [0.15, 0.2) is 47.6 Å². The molecule has 0 radical (unpaired) electrons. The molecule has 1 aromatic carbocycles. The van der Waals surface area contributed by atoms with E-state index in [0.29, 0.717) is 24.0 Å². The first-order valence-electron chi connectivity index (χ1n) is 12.7. The average molecular weight is 465 g/mol. The van der Waals surface area contributed by atoms with E-state index in [1.165, 1.54) is 22.0 Å². The van der Waals surface area contributed by atoms with Gasteiger partial charge < -0.3 is 0 Å². The van der Waals surface area contributed by atoms with E-state index < -0.39 is 0 Å². The lowest BCUT2D eigenvalue weighted by atomic mass is 10.0. The fraction of sp³-hybridized carbons (Fsp3) is 0.500. The Kier molecular flexibility index (Phi) is 9.37. The Balaban J connectivity index is 1.62. The van der Waals surface area contributed by atoms with E-state index in [4.69, 9.17) is 0 Å². The molecule has 4 amide bonds. The highest BCUT2D eigenvalue weighted by Crippen LogP contribution is 2.25. The predicted octanol–water partition coefficient (Wildman–Crippen LogP) is 5.22. The number of carbonyl (C=O) groups is 4. The van der Waals surface area contributed by atoms with Gasteiger partial charge in [0.1, 0.15) is 0 Å². The van der Waals surface area contributed by atoms with Crippen molar-refractivity contribution in [1.29, 1.82) is 0 Å². The number of imide groups is 2. The second-order valence-corrected chi connectivity index (χ2v) is 9.19. The third-order valence-electron chi connectivity index (χ3n) is 6.54. The van der Waals surface area contributed by atoms with Crippen LogP contribution in [-0.2, 0) is 32.3 Å². The van der Waals surface area contributed by atoms with Gasteiger partial charge in [-0.2, -0.15) is 0 Å². The Morgan fingerprint density at radius 3 is 1.38 bits per heavy atom. The van der Waals surface area contributed by atoms with Gasteiger partial charge in [-0.25, -0.2) is 0 Å². The number of hydrogen-bond acceptors (Lipinski definition) is 4. The van der Waals surface area contributed by atoms with Gasteiger partial charge in [0, 0.05) is 23.3 Å². The fourth-order valence-corrected chi connectivity index (χ4v) is 4.47. The first-order chi connectivity index (χ1) is 16.5. The average Bonchev–Trinajstić information content (AvgIpc) is 3.25. The number of nitrogens with zero attached hydrogens (tertiary/aromatic N) is 2. The van der Waals surface area contributed by atoms with Crippen molar-refractivity contribution in [2.24, 2.45) is 0 Å². The van der Waals surface area contributed by atoms with Gasteiger partial charge in [0.2, 0.25) is 0 Å². The molecule has 2 heterocycles. The normalized spacial score (nSPS) is 16.1. The van der Waals surface area contributed by atoms with Crippen LogP contribution in [0.4, 0.5) is 0 Å². The zero-order valence-corrected chi connectivity index (χ0v) is 20.5. The summed E-state index contributed by atoms with van der Waals surface area (Å²) in [5, 5.41) is 0. The van der Waals surface area contributed by atoms with Crippen LogP contribution in [0.2, 0.25) is 0 Å². The van der Waals surface area contributed by atoms with E-state index in [-0.39, 0.29) is 36.7 Å². The topological polar surface area (TPSA) is 74.8 Å². The lowest BCUT2D eigenvalue weighted by Crippen LogP contribution is -2.33. The molecule has 2 aliphatic heterocycles. The molecule has 0 bridgehead atoms. The third-order valence-corrected chi connectivity index (χ3v) is 6.54. The lowest BCUT2D eigenvalue weighted by molar-refractivity contribution is -0.139. The Morgan fingerprint density at radius 1 is 0.588 bits per heavy atom. The summed E-state index contributed by atoms with van der Waals surface area (Å²) < 4.78 is 0. The van der Waals surface area contributed by atoms with Crippen LogP contribution in [0.1, 0.15) is 89.2 Å². The number of amides is 4. The largest absolute Gasteiger partial charge is 0.271 e. The van der Waals surface area contributed by atoms with Crippen LogP contribution in [0, 0.1) is 0 Å². The van der Waals surface area contributed by atoms with E-state index in [0.717, 1.165) is 62.5 Å². The molecule has 0 fully saturated rings. The molecule has 6 nitrogen and oxygen atoms in total. The summed E-state index contributed by atoms with van der Waals surface area (Å²) in [7, 11) is 0. The zero-order chi connectivity index (χ0) is 24.5. The molecule has 0 saturated carbocycles. The second-order valence-electron chi connectivity index (χ2n) is 9.19. The highest BCUT2D eigenvalue weighted by molar-refractivity contribution is 6.16. The summed E-state index contributed by atoms with van der Waals surface area (Å²) in [6.45, 7) is 4.54. The maximum Gasteiger partial charge on any atom is 0.257 e. The maximum atomic E-state index is 12.8. The minimum Gasteiger partial charge on any atom is -0.271 e. The first kappa shape index (κ1) is 25.6. The number of carbonyl (C=O) groups excluding carboxylic acids is 4. The molecule has 2 aliphatic rings. The van der Waals surface area contributed by atoms with Crippen molar-refractivity contribution in [3.8, 4) is 0 Å². The quantitative estimate of drug-likeness (QED) is 0.280. The molecule has 1 aromatic rings. The van der Waals surface area contributed by atoms with Crippen LogP contribution in [0.25, 0.3) is 0 Å². The molecule has 6 heteroatoms. The summed E-state index contributed by atoms with van der Waals surface area (Å²) in [6, 6.07) is 7.38. The van der Waals surface area contributed by atoms with Gasteiger partial charge in [-0.1, -0.05) is 76.6 Å². The molecule has 182 valence electrons. The second kappa shape index (κ2) is 12.4. The summed E-state index contributed by atoms with van der Waals surface area (Å²) in [6.07, 6.45) is 12.5. The lowest BCUT2D eigenvalue weighted by Gasteiger charge is -2.20.